The molecule has 2 aromatic rings. The normalized spacial score (nSPS) is 11.0. The maximum atomic E-state index is 12.1. The number of fused-ring (bicyclic) bond motifs is 1. The van der Waals surface area contributed by atoms with Crippen molar-refractivity contribution >= 4 is 16.9 Å². The first-order valence-corrected chi connectivity index (χ1v) is 6.76. The average molecular weight is 273 g/mol. The van der Waals surface area contributed by atoms with Gasteiger partial charge in [0.2, 0.25) is 0 Å². The summed E-state index contributed by atoms with van der Waals surface area (Å²) >= 11 is 0. The van der Waals surface area contributed by atoms with Crippen LogP contribution in [0, 0.1) is 5.92 Å². The SMILES string of the molecule is COC(=O)c1c(CCC(C)C)c2ccccc2[nH]c1=O. The van der Waals surface area contributed by atoms with E-state index in [2.05, 4.69) is 18.8 Å². The van der Waals surface area contributed by atoms with Crippen LogP contribution in [0.3, 0.4) is 0 Å². The van der Waals surface area contributed by atoms with Gasteiger partial charge in [0.25, 0.3) is 5.56 Å². The lowest BCUT2D eigenvalue weighted by Gasteiger charge is -2.12. The molecular formula is C16H19NO3. The molecule has 20 heavy (non-hydrogen) atoms. The number of nitrogens with one attached hydrogen (secondary N) is 1. The number of para-hydroxylation sites is 1. The van der Waals surface area contributed by atoms with E-state index < -0.39 is 5.97 Å². The van der Waals surface area contributed by atoms with E-state index in [9.17, 15) is 9.59 Å². The number of H-pyrrole nitrogens is 1. The molecule has 2 rings (SSSR count). The largest absolute Gasteiger partial charge is 0.465 e. The van der Waals surface area contributed by atoms with E-state index in [1.165, 1.54) is 7.11 Å². The predicted molar refractivity (Wildman–Crippen MR) is 79.1 cm³/mol. The molecule has 4 nitrogen and oxygen atoms in total. The molecule has 0 fully saturated rings. The first kappa shape index (κ1) is 14.3. The van der Waals surface area contributed by atoms with Crippen molar-refractivity contribution in [1.29, 1.82) is 0 Å². The molecular weight excluding hydrogens is 254 g/mol. The highest BCUT2D eigenvalue weighted by molar-refractivity contribution is 5.96. The van der Waals surface area contributed by atoms with E-state index in [-0.39, 0.29) is 11.1 Å². The lowest BCUT2D eigenvalue weighted by atomic mass is 9.95. The summed E-state index contributed by atoms with van der Waals surface area (Å²) < 4.78 is 4.75. The van der Waals surface area contributed by atoms with E-state index >= 15 is 0 Å². The molecule has 0 aliphatic heterocycles. The van der Waals surface area contributed by atoms with Gasteiger partial charge in [-0.2, -0.15) is 0 Å². The Bertz CT molecular complexity index is 686. The van der Waals surface area contributed by atoms with Gasteiger partial charge in [-0.25, -0.2) is 4.79 Å². The van der Waals surface area contributed by atoms with Crippen molar-refractivity contribution in [2.24, 2.45) is 5.92 Å². The quantitative estimate of drug-likeness (QED) is 0.871. The average Bonchev–Trinajstić information content (AvgIpc) is 2.43. The fraction of sp³-hybridized carbons (Fsp3) is 0.375. The van der Waals surface area contributed by atoms with Gasteiger partial charge >= 0.3 is 5.97 Å². The monoisotopic (exact) mass is 273 g/mol. The molecule has 1 aromatic heterocycles. The molecule has 0 amide bonds. The molecule has 0 aliphatic rings. The topological polar surface area (TPSA) is 59.2 Å². The maximum Gasteiger partial charge on any atom is 0.343 e. The lowest BCUT2D eigenvalue weighted by molar-refractivity contribution is 0.0597. The molecule has 1 aromatic carbocycles. The molecule has 0 saturated heterocycles. The van der Waals surface area contributed by atoms with E-state index in [0.29, 0.717) is 12.3 Å². The Hall–Kier alpha value is -2.10. The Kier molecular flexibility index (Phi) is 4.23. The van der Waals surface area contributed by atoms with Gasteiger partial charge in [0.15, 0.2) is 0 Å². The second kappa shape index (κ2) is 5.90. The smallest absolute Gasteiger partial charge is 0.343 e. The molecule has 0 spiro atoms. The minimum absolute atomic E-state index is 0.131. The van der Waals surface area contributed by atoms with E-state index in [1.807, 2.05) is 24.3 Å². The molecule has 0 atom stereocenters. The first-order valence-electron chi connectivity index (χ1n) is 6.76. The second-order valence-corrected chi connectivity index (χ2v) is 5.28. The van der Waals surface area contributed by atoms with Gasteiger partial charge in [0, 0.05) is 10.9 Å². The molecule has 1 N–H and O–H groups in total. The number of aromatic nitrogens is 1. The highest BCUT2D eigenvalue weighted by Crippen LogP contribution is 2.21. The van der Waals surface area contributed by atoms with E-state index in [4.69, 9.17) is 4.74 Å². The third-order valence-corrected chi connectivity index (χ3v) is 3.39. The number of ether oxygens (including phenoxy) is 1. The van der Waals surface area contributed by atoms with Crippen LogP contribution >= 0.6 is 0 Å². The Labute approximate surface area is 117 Å². The first-order chi connectivity index (χ1) is 9.54. The van der Waals surface area contributed by atoms with Crippen LogP contribution in [0.5, 0.6) is 0 Å². The maximum absolute atomic E-state index is 12.1. The third-order valence-electron chi connectivity index (χ3n) is 3.39. The van der Waals surface area contributed by atoms with Crippen LogP contribution in [-0.2, 0) is 11.2 Å². The van der Waals surface area contributed by atoms with Crippen molar-refractivity contribution < 1.29 is 9.53 Å². The zero-order chi connectivity index (χ0) is 14.7. The molecule has 4 heteroatoms. The second-order valence-electron chi connectivity index (χ2n) is 5.28. The molecule has 0 unspecified atom stereocenters. The van der Waals surface area contributed by atoms with Crippen LogP contribution in [0.4, 0.5) is 0 Å². The van der Waals surface area contributed by atoms with Crippen molar-refractivity contribution in [1.82, 2.24) is 4.98 Å². The number of carbonyl (C=O) groups is 1. The summed E-state index contributed by atoms with van der Waals surface area (Å²) in [6.45, 7) is 4.24. The van der Waals surface area contributed by atoms with Crippen LogP contribution in [0.2, 0.25) is 0 Å². The number of pyridine rings is 1. The van der Waals surface area contributed by atoms with E-state index in [0.717, 1.165) is 22.9 Å². The highest BCUT2D eigenvalue weighted by atomic mass is 16.5. The molecule has 106 valence electrons. The number of methoxy groups -OCH3 is 1. The third kappa shape index (κ3) is 2.74. The number of carbonyl (C=O) groups excluding carboxylic acids is 1. The van der Waals surface area contributed by atoms with Gasteiger partial charge in [0.1, 0.15) is 5.56 Å². The highest BCUT2D eigenvalue weighted by Gasteiger charge is 2.19. The van der Waals surface area contributed by atoms with E-state index in [1.54, 1.807) is 0 Å². The van der Waals surface area contributed by atoms with Crippen molar-refractivity contribution in [2.75, 3.05) is 7.11 Å². The summed E-state index contributed by atoms with van der Waals surface area (Å²) in [5.41, 5.74) is 1.29. The molecule has 0 aliphatic carbocycles. The summed E-state index contributed by atoms with van der Waals surface area (Å²) in [6, 6.07) is 7.53. The van der Waals surface area contributed by atoms with Crippen LogP contribution in [0.1, 0.15) is 36.2 Å². The summed E-state index contributed by atoms with van der Waals surface area (Å²) in [5, 5.41) is 0.910. The zero-order valence-corrected chi connectivity index (χ0v) is 12.0. The van der Waals surface area contributed by atoms with Crippen LogP contribution in [0.25, 0.3) is 10.9 Å². The van der Waals surface area contributed by atoms with Gasteiger partial charge < -0.3 is 9.72 Å². The Morgan fingerprint density at radius 1 is 1.30 bits per heavy atom. The molecule has 1 heterocycles. The fourth-order valence-corrected chi connectivity index (χ4v) is 2.32. The standard InChI is InChI=1S/C16H19NO3/c1-10(2)8-9-12-11-6-4-5-7-13(11)17-15(18)14(12)16(19)20-3/h4-7,10H,8-9H2,1-3H3,(H,17,18). The minimum atomic E-state index is -0.573. The Morgan fingerprint density at radius 3 is 2.65 bits per heavy atom. The number of rotatable bonds is 4. The minimum Gasteiger partial charge on any atom is -0.465 e. The van der Waals surface area contributed by atoms with Gasteiger partial charge in [-0.05, 0) is 30.4 Å². The molecule has 0 bridgehead atoms. The van der Waals surface area contributed by atoms with Crippen LogP contribution in [0.15, 0.2) is 29.1 Å². The van der Waals surface area contributed by atoms with Gasteiger partial charge in [-0.3, -0.25) is 4.79 Å². The number of benzene rings is 1. The fourth-order valence-electron chi connectivity index (χ4n) is 2.32. The summed E-state index contributed by atoms with van der Waals surface area (Å²) in [7, 11) is 1.29. The zero-order valence-electron chi connectivity index (χ0n) is 12.0. The number of esters is 1. The van der Waals surface area contributed by atoms with Crippen molar-refractivity contribution in [2.45, 2.75) is 26.7 Å². The number of hydrogen-bond acceptors (Lipinski definition) is 3. The number of hydrogen-bond donors (Lipinski definition) is 1. The molecule has 0 saturated carbocycles. The summed E-state index contributed by atoms with van der Waals surface area (Å²) in [5.74, 6) is -0.0747. The van der Waals surface area contributed by atoms with Crippen molar-refractivity contribution in [3.63, 3.8) is 0 Å². The summed E-state index contributed by atoms with van der Waals surface area (Å²) in [6.07, 6.45) is 1.60. The van der Waals surface area contributed by atoms with Crippen LogP contribution < -0.4 is 5.56 Å². The number of aromatic amines is 1. The van der Waals surface area contributed by atoms with Crippen molar-refractivity contribution in [3.8, 4) is 0 Å². The van der Waals surface area contributed by atoms with Gasteiger partial charge in [0.05, 0.1) is 7.11 Å². The summed E-state index contributed by atoms with van der Waals surface area (Å²) in [4.78, 5) is 26.8. The Morgan fingerprint density at radius 2 is 2.00 bits per heavy atom. The predicted octanol–water partition coefficient (Wildman–Crippen LogP) is 2.90. The number of aryl methyl sites for hydroxylation is 1. The van der Waals surface area contributed by atoms with Crippen molar-refractivity contribution in [3.05, 3.63) is 45.7 Å². The Balaban J connectivity index is 2.68. The lowest BCUT2D eigenvalue weighted by Crippen LogP contribution is -2.22. The van der Waals surface area contributed by atoms with Gasteiger partial charge in [-0.15, -0.1) is 0 Å². The van der Waals surface area contributed by atoms with Crippen LogP contribution in [-0.4, -0.2) is 18.1 Å². The van der Waals surface area contributed by atoms with Gasteiger partial charge in [-0.1, -0.05) is 32.0 Å². The molecule has 0 radical (unpaired) electrons.